The van der Waals surface area contributed by atoms with Crippen molar-refractivity contribution < 1.29 is 0 Å². The minimum absolute atomic E-state index is 0.166. The van der Waals surface area contributed by atoms with Gasteiger partial charge in [-0.1, -0.05) is 37.3 Å². The molecule has 2 atom stereocenters. The molecule has 0 spiro atoms. The first-order valence-corrected chi connectivity index (χ1v) is 6.74. The van der Waals surface area contributed by atoms with E-state index in [-0.39, 0.29) is 17.9 Å². The zero-order chi connectivity index (χ0) is 14.1. The Kier molecular flexibility index (Phi) is 3.14. The van der Waals surface area contributed by atoms with Gasteiger partial charge in [-0.3, -0.25) is 0 Å². The quantitative estimate of drug-likeness (QED) is 0.861. The van der Waals surface area contributed by atoms with Gasteiger partial charge in [-0.05, 0) is 17.9 Å². The first-order chi connectivity index (χ1) is 9.65. The molecular weight excluding hydrogens is 252 g/mol. The van der Waals surface area contributed by atoms with Crippen LogP contribution in [0.3, 0.4) is 0 Å². The normalized spacial score (nSPS) is 22.1. The smallest absolute Gasteiger partial charge is 0.232 e. The average molecular weight is 270 g/mol. The van der Waals surface area contributed by atoms with Gasteiger partial charge in [0.15, 0.2) is 0 Å². The molecule has 0 radical (unpaired) electrons. The molecule has 1 fully saturated rings. The SMILES string of the molecule is CC1CCN(c2nc(N)nc(N)n2)C1c1ccccc1. The lowest BCUT2D eigenvalue weighted by Crippen LogP contribution is -2.27. The van der Waals surface area contributed by atoms with E-state index >= 15 is 0 Å². The third-order valence-electron chi connectivity index (χ3n) is 3.76. The number of nitrogens with zero attached hydrogens (tertiary/aromatic N) is 4. The third-order valence-corrected chi connectivity index (χ3v) is 3.76. The number of nitrogen functional groups attached to an aromatic ring is 2. The van der Waals surface area contributed by atoms with Crippen molar-refractivity contribution in [2.45, 2.75) is 19.4 Å². The van der Waals surface area contributed by atoms with Gasteiger partial charge in [0.2, 0.25) is 17.8 Å². The molecule has 0 saturated carbocycles. The van der Waals surface area contributed by atoms with Gasteiger partial charge in [-0.25, -0.2) is 0 Å². The minimum Gasteiger partial charge on any atom is -0.368 e. The zero-order valence-electron chi connectivity index (χ0n) is 11.4. The first-order valence-electron chi connectivity index (χ1n) is 6.74. The van der Waals surface area contributed by atoms with Crippen LogP contribution in [-0.4, -0.2) is 21.5 Å². The van der Waals surface area contributed by atoms with Gasteiger partial charge in [0.05, 0.1) is 6.04 Å². The van der Waals surface area contributed by atoms with Crippen molar-refractivity contribution >= 4 is 17.8 Å². The fraction of sp³-hybridized carbons (Fsp3) is 0.357. The van der Waals surface area contributed by atoms with Crippen molar-refractivity contribution in [3.63, 3.8) is 0 Å². The number of anilines is 3. The average Bonchev–Trinajstić information content (AvgIpc) is 2.80. The minimum atomic E-state index is 0.166. The van der Waals surface area contributed by atoms with E-state index in [0.717, 1.165) is 13.0 Å². The van der Waals surface area contributed by atoms with Crippen molar-refractivity contribution in [1.29, 1.82) is 0 Å². The maximum atomic E-state index is 5.68. The molecule has 2 heterocycles. The summed E-state index contributed by atoms with van der Waals surface area (Å²) in [5.74, 6) is 1.42. The predicted molar refractivity (Wildman–Crippen MR) is 79.0 cm³/mol. The summed E-state index contributed by atoms with van der Waals surface area (Å²) in [5.41, 5.74) is 12.6. The Hall–Kier alpha value is -2.37. The number of hydrogen-bond acceptors (Lipinski definition) is 6. The van der Waals surface area contributed by atoms with Gasteiger partial charge in [0.25, 0.3) is 0 Å². The fourth-order valence-corrected chi connectivity index (χ4v) is 2.86. The molecule has 6 nitrogen and oxygen atoms in total. The van der Waals surface area contributed by atoms with E-state index in [1.165, 1.54) is 5.56 Å². The molecule has 2 aromatic rings. The summed E-state index contributed by atoms with van der Waals surface area (Å²) in [7, 11) is 0. The second-order valence-corrected chi connectivity index (χ2v) is 5.17. The Morgan fingerprint density at radius 3 is 2.35 bits per heavy atom. The van der Waals surface area contributed by atoms with Crippen LogP contribution >= 0.6 is 0 Å². The topological polar surface area (TPSA) is 94.0 Å². The number of aromatic nitrogens is 3. The highest BCUT2D eigenvalue weighted by molar-refractivity contribution is 5.44. The van der Waals surface area contributed by atoms with Crippen LogP contribution in [0.1, 0.15) is 24.9 Å². The number of hydrogen-bond donors (Lipinski definition) is 2. The van der Waals surface area contributed by atoms with Crippen LogP contribution in [0.4, 0.5) is 17.8 Å². The Morgan fingerprint density at radius 2 is 1.70 bits per heavy atom. The molecule has 1 aliphatic heterocycles. The van der Waals surface area contributed by atoms with E-state index in [1.54, 1.807) is 0 Å². The van der Waals surface area contributed by atoms with Gasteiger partial charge >= 0.3 is 0 Å². The van der Waals surface area contributed by atoms with Crippen LogP contribution in [0.2, 0.25) is 0 Å². The van der Waals surface area contributed by atoms with Gasteiger partial charge in [-0.2, -0.15) is 15.0 Å². The summed E-state index contributed by atoms with van der Waals surface area (Å²) in [6.45, 7) is 3.13. The Balaban J connectivity index is 1.99. The van der Waals surface area contributed by atoms with Crippen molar-refractivity contribution in [3.8, 4) is 0 Å². The maximum absolute atomic E-state index is 5.68. The molecule has 0 amide bonds. The first kappa shape index (κ1) is 12.7. The molecule has 4 N–H and O–H groups in total. The van der Waals surface area contributed by atoms with E-state index in [9.17, 15) is 0 Å². The van der Waals surface area contributed by atoms with Crippen LogP contribution in [0.15, 0.2) is 30.3 Å². The van der Waals surface area contributed by atoms with Crippen molar-refractivity contribution in [1.82, 2.24) is 15.0 Å². The van der Waals surface area contributed by atoms with Crippen LogP contribution in [0, 0.1) is 5.92 Å². The predicted octanol–water partition coefficient (Wildman–Crippen LogP) is 1.62. The van der Waals surface area contributed by atoms with Gasteiger partial charge in [0, 0.05) is 6.54 Å². The molecule has 6 heteroatoms. The van der Waals surface area contributed by atoms with Crippen LogP contribution in [0.25, 0.3) is 0 Å². The molecule has 1 saturated heterocycles. The Morgan fingerprint density at radius 1 is 1.05 bits per heavy atom. The summed E-state index contributed by atoms with van der Waals surface area (Å²) in [4.78, 5) is 14.4. The van der Waals surface area contributed by atoms with Gasteiger partial charge < -0.3 is 16.4 Å². The summed E-state index contributed by atoms with van der Waals surface area (Å²) in [5, 5.41) is 0. The molecule has 1 aliphatic rings. The Labute approximate surface area is 117 Å². The number of benzene rings is 1. The van der Waals surface area contributed by atoms with Crippen LogP contribution in [0.5, 0.6) is 0 Å². The molecular formula is C14H18N6. The molecule has 20 heavy (non-hydrogen) atoms. The third kappa shape index (κ3) is 2.24. The van der Waals surface area contributed by atoms with Crippen LogP contribution in [-0.2, 0) is 0 Å². The molecule has 2 unspecified atom stereocenters. The van der Waals surface area contributed by atoms with E-state index < -0.39 is 0 Å². The lowest BCUT2D eigenvalue weighted by Gasteiger charge is -2.27. The molecule has 0 aliphatic carbocycles. The van der Waals surface area contributed by atoms with Crippen molar-refractivity contribution in [3.05, 3.63) is 35.9 Å². The van der Waals surface area contributed by atoms with Gasteiger partial charge in [0.1, 0.15) is 0 Å². The highest BCUT2D eigenvalue weighted by atomic mass is 15.3. The summed E-state index contributed by atoms with van der Waals surface area (Å²) >= 11 is 0. The molecule has 104 valence electrons. The Bertz CT molecular complexity index is 580. The number of nitrogens with two attached hydrogens (primary N) is 2. The molecule has 1 aromatic carbocycles. The van der Waals surface area contributed by atoms with Crippen LogP contribution < -0.4 is 16.4 Å². The number of rotatable bonds is 2. The lowest BCUT2D eigenvalue weighted by atomic mass is 9.96. The van der Waals surface area contributed by atoms with E-state index in [4.69, 9.17) is 11.5 Å². The van der Waals surface area contributed by atoms with Crippen molar-refractivity contribution in [2.75, 3.05) is 22.9 Å². The maximum Gasteiger partial charge on any atom is 0.232 e. The zero-order valence-corrected chi connectivity index (χ0v) is 11.4. The summed E-state index contributed by atoms with van der Waals surface area (Å²) in [6.07, 6.45) is 1.09. The van der Waals surface area contributed by atoms with E-state index in [2.05, 4.69) is 51.0 Å². The molecule has 3 rings (SSSR count). The highest BCUT2D eigenvalue weighted by Gasteiger charge is 2.34. The fourth-order valence-electron chi connectivity index (χ4n) is 2.86. The monoisotopic (exact) mass is 270 g/mol. The second-order valence-electron chi connectivity index (χ2n) is 5.17. The molecule has 1 aromatic heterocycles. The summed E-state index contributed by atoms with van der Waals surface area (Å²) < 4.78 is 0. The summed E-state index contributed by atoms with van der Waals surface area (Å²) in [6, 6.07) is 10.6. The lowest BCUT2D eigenvalue weighted by molar-refractivity contribution is 0.529. The molecule has 0 bridgehead atoms. The van der Waals surface area contributed by atoms with Gasteiger partial charge in [-0.15, -0.1) is 0 Å². The van der Waals surface area contributed by atoms with E-state index in [0.29, 0.717) is 11.9 Å². The standard InChI is InChI=1S/C14H18N6/c1-9-7-8-20(11(9)10-5-3-2-4-6-10)14-18-12(15)17-13(16)19-14/h2-6,9,11H,7-8H2,1H3,(H4,15,16,17,18,19). The largest absolute Gasteiger partial charge is 0.368 e. The van der Waals surface area contributed by atoms with E-state index in [1.807, 2.05) is 6.07 Å². The highest BCUT2D eigenvalue weighted by Crippen LogP contribution is 2.38. The second kappa shape index (κ2) is 4.96. The van der Waals surface area contributed by atoms with Crippen molar-refractivity contribution in [2.24, 2.45) is 5.92 Å².